The summed E-state index contributed by atoms with van der Waals surface area (Å²) in [6.45, 7) is 3.72. The predicted molar refractivity (Wildman–Crippen MR) is 143 cm³/mol. The van der Waals surface area contributed by atoms with Crippen LogP contribution in [-0.4, -0.2) is 50.3 Å². The van der Waals surface area contributed by atoms with E-state index < -0.39 is 9.84 Å². The van der Waals surface area contributed by atoms with Gasteiger partial charge in [0, 0.05) is 18.8 Å². The molecule has 0 unspecified atom stereocenters. The number of sulfone groups is 1. The number of anilines is 3. The van der Waals surface area contributed by atoms with Crippen LogP contribution in [-0.2, 0) is 32.2 Å². The molecule has 0 aliphatic carbocycles. The molecule has 0 saturated carbocycles. The summed E-state index contributed by atoms with van der Waals surface area (Å²) in [5, 5.41) is 3.23. The van der Waals surface area contributed by atoms with Crippen molar-refractivity contribution < 1.29 is 17.9 Å². The highest BCUT2D eigenvalue weighted by molar-refractivity contribution is 7.91. The average molecular weight is 521 g/mol. The van der Waals surface area contributed by atoms with Crippen molar-refractivity contribution in [2.45, 2.75) is 49.8 Å². The Morgan fingerprint density at radius 2 is 1.76 bits per heavy atom. The fourth-order valence-corrected chi connectivity index (χ4v) is 6.70. The van der Waals surface area contributed by atoms with Gasteiger partial charge >= 0.3 is 5.97 Å². The van der Waals surface area contributed by atoms with E-state index in [1.807, 2.05) is 24.3 Å². The van der Waals surface area contributed by atoms with E-state index in [-0.39, 0.29) is 23.0 Å². The van der Waals surface area contributed by atoms with Crippen LogP contribution in [0, 0.1) is 6.92 Å². The largest absolute Gasteiger partial charge is 0.469 e. The van der Waals surface area contributed by atoms with Crippen LogP contribution < -0.4 is 10.2 Å². The van der Waals surface area contributed by atoms with Gasteiger partial charge in [0.05, 0.1) is 25.0 Å². The number of nitrogens with zero attached hydrogens (tertiary/aromatic N) is 3. The quantitative estimate of drug-likeness (QED) is 0.479. The summed E-state index contributed by atoms with van der Waals surface area (Å²) in [4.78, 5) is 23.4. The number of benzene rings is 2. The molecular weight excluding hydrogens is 488 g/mol. The van der Waals surface area contributed by atoms with Gasteiger partial charge in [-0.25, -0.2) is 13.4 Å². The lowest BCUT2D eigenvalue weighted by molar-refractivity contribution is -0.139. The Balaban J connectivity index is 1.39. The summed E-state index contributed by atoms with van der Waals surface area (Å²) < 4.78 is 30.8. The molecule has 0 spiro atoms. The summed E-state index contributed by atoms with van der Waals surface area (Å²) in [5.41, 5.74) is 4.71. The smallest absolute Gasteiger partial charge is 0.309 e. The van der Waals surface area contributed by atoms with Crippen molar-refractivity contribution in [2.75, 3.05) is 36.2 Å². The fourth-order valence-electron chi connectivity index (χ4n) is 5.07. The summed E-state index contributed by atoms with van der Waals surface area (Å²) in [6.07, 6.45) is 3.33. The molecule has 1 N–H and O–H groups in total. The molecule has 1 fully saturated rings. The molecule has 3 aromatic rings. The van der Waals surface area contributed by atoms with Crippen LogP contribution in [0.25, 0.3) is 0 Å². The molecule has 2 aromatic carbocycles. The maximum absolute atomic E-state index is 13.0. The number of hydrogen-bond donors (Lipinski definition) is 1. The first-order valence-corrected chi connectivity index (χ1v) is 14.4. The van der Waals surface area contributed by atoms with E-state index in [0.717, 1.165) is 31.5 Å². The zero-order chi connectivity index (χ0) is 26.0. The fraction of sp³-hybridized carbons (Fsp3) is 0.393. The minimum atomic E-state index is -3.48. The second-order valence-corrected chi connectivity index (χ2v) is 11.9. The molecule has 194 valence electrons. The van der Waals surface area contributed by atoms with Gasteiger partial charge in [0.1, 0.15) is 4.90 Å². The van der Waals surface area contributed by atoms with Crippen molar-refractivity contribution >= 4 is 33.3 Å². The van der Waals surface area contributed by atoms with Gasteiger partial charge in [-0.05, 0) is 61.8 Å². The highest BCUT2D eigenvalue weighted by Gasteiger charge is 2.32. The molecule has 3 heterocycles. The first kappa shape index (κ1) is 25.2. The first-order chi connectivity index (χ1) is 17.8. The van der Waals surface area contributed by atoms with Crippen molar-refractivity contribution in [1.82, 2.24) is 9.97 Å². The summed E-state index contributed by atoms with van der Waals surface area (Å²) in [6, 6.07) is 16.0. The standard InChI is InChI=1S/C28H32N4O4S/c1-19-5-9-21(10-6-19)22-13-15-32(16-14-22)28-30-24-4-3-17-37(34,35)26(24)27(31-28)29-23-11-7-20(8-12-23)18-25(33)36-2/h5-12,22H,3-4,13-18H2,1-2H3,(H,29,30,31). The maximum Gasteiger partial charge on any atom is 0.309 e. The second-order valence-electron chi connectivity index (χ2n) is 9.82. The van der Waals surface area contributed by atoms with Gasteiger partial charge < -0.3 is 15.0 Å². The lowest BCUT2D eigenvalue weighted by Gasteiger charge is -2.33. The van der Waals surface area contributed by atoms with Gasteiger partial charge in [0.25, 0.3) is 0 Å². The molecule has 1 saturated heterocycles. The number of fused-ring (bicyclic) bond motifs is 1. The molecule has 5 rings (SSSR count). The molecule has 2 aliphatic heterocycles. The number of hydrogen-bond acceptors (Lipinski definition) is 8. The number of methoxy groups -OCH3 is 1. The molecular formula is C28H32N4O4S. The van der Waals surface area contributed by atoms with Crippen LogP contribution in [0.5, 0.6) is 0 Å². The van der Waals surface area contributed by atoms with E-state index in [4.69, 9.17) is 14.7 Å². The number of ether oxygens (including phenoxy) is 1. The van der Waals surface area contributed by atoms with Crippen molar-refractivity contribution in [1.29, 1.82) is 0 Å². The number of rotatable bonds is 6. The molecule has 0 amide bonds. The van der Waals surface area contributed by atoms with Gasteiger partial charge in [-0.15, -0.1) is 0 Å². The molecule has 37 heavy (non-hydrogen) atoms. The normalized spacial score (nSPS) is 17.2. The van der Waals surface area contributed by atoms with Gasteiger partial charge in [-0.2, -0.15) is 4.98 Å². The van der Waals surface area contributed by atoms with Crippen LogP contribution in [0.2, 0.25) is 0 Å². The van der Waals surface area contributed by atoms with Crippen molar-refractivity contribution in [3.05, 3.63) is 70.9 Å². The number of aromatic nitrogens is 2. The molecule has 1 aromatic heterocycles. The number of carbonyl (C=O) groups excluding carboxylic acids is 1. The Labute approximate surface area is 218 Å². The van der Waals surface area contributed by atoms with E-state index in [1.54, 1.807) is 0 Å². The highest BCUT2D eigenvalue weighted by Crippen LogP contribution is 2.35. The number of carbonyl (C=O) groups is 1. The lowest BCUT2D eigenvalue weighted by Crippen LogP contribution is -2.35. The highest BCUT2D eigenvalue weighted by atomic mass is 32.2. The van der Waals surface area contributed by atoms with Crippen LogP contribution in [0.1, 0.15) is 47.6 Å². The van der Waals surface area contributed by atoms with E-state index in [2.05, 4.69) is 41.4 Å². The zero-order valence-electron chi connectivity index (χ0n) is 21.2. The lowest BCUT2D eigenvalue weighted by atomic mass is 9.89. The van der Waals surface area contributed by atoms with E-state index >= 15 is 0 Å². The van der Waals surface area contributed by atoms with Gasteiger partial charge in [0.15, 0.2) is 15.7 Å². The third-order valence-corrected chi connectivity index (χ3v) is 9.06. The third-order valence-electron chi connectivity index (χ3n) is 7.18. The van der Waals surface area contributed by atoms with Crippen LogP contribution in [0.4, 0.5) is 17.5 Å². The van der Waals surface area contributed by atoms with E-state index in [0.29, 0.717) is 41.9 Å². The Morgan fingerprint density at radius 3 is 2.43 bits per heavy atom. The predicted octanol–water partition coefficient (Wildman–Crippen LogP) is 4.35. The van der Waals surface area contributed by atoms with Crippen molar-refractivity contribution in [3.63, 3.8) is 0 Å². The molecule has 0 radical (unpaired) electrons. The summed E-state index contributed by atoms with van der Waals surface area (Å²) in [5.74, 6) is 1.17. The Morgan fingerprint density at radius 1 is 1.05 bits per heavy atom. The number of nitrogens with one attached hydrogen (secondary N) is 1. The monoisotopic (exact) mass is 520 g/mol. The zero-order valence-corrected chi connectivity index (χ0v) is 22.1. The Kier molecular flexibility index (Phi) is 7.15. The second kappa shape index (κ2) is 10.5. The minimum absolute atomic E-state index is 0.0946. The van der Waals surface area contributed by atoms with Crippen LogP contribution in [0.15, 0.2) is 53.4 Å². The molecule has 0 atom stereocenters. The Hall–Kier alpha value is -3.46. The van der Waals surface area contributed by atoms with E-state index in [1.165, 1.54) is 18.2 Å². The third kappa shape index (κ3) is 5.61. The first-order valence-electron chi connectivity index (χ1n) is 12.7. The van der Waals surface area contributed by atoms with Gasteiger partial charge in [-0.1, -0.05) is 42.0 Å². The topological polar surface area (TPSA) is 101 Å². The molecule has 2 aliphatic rings. The number of piperidine rings is 1. The average Bonchev–Trinajstić information content (AvgIpc) is 2.90. The SMILES string of the molecule is COC(=O)Cc1ccc(Nc2nc(N3CCC(c4ccc(C)cc4)CC3)nc3c2S(=O)(=O)CCC3)cc1. The van der Waals surface area contributed by atoms with Crippen LogP contribution in [0.3, 0.4) is 0 Å². The Bertz CT molecular complexity index is 1380. The molecule has 9 heteroatoms. The van der Waals surface area contributed by atoms with E-state index in [9.17, 15) is 13.2 Å². The maximum atomic E-state index is 13.0. The van der Waals surface area contributed by atoms with Crippen molar-refractivity contribution in [3.8, 4) is 0 Å². The number of aryl methyl sites for hydroxylation is 2. The molecule has 8 nitrogen and oxygen atoms in total. The molecule has 0 bridgehead atoms. The number of esters is 1. The van der Waals surface area contributed by atoms with Gasteiger partial charge in [-0.3, -0.25) is 4.79 Å². The van der Waals surface area contributed by atoms with Crippen molar-refractivity contribution in [2.24, 2.45) is 0 Å². The summed E-state index contributed by atoms with van der Waals surface area (Å²) >= 11 is 0. The summed E-state index contributed by atoms with van der Waals surface area (Å²) in [7, 11) is -2.12. The van der Waals surface area contributed by atoms with Gasteiger partial charge in [0.2, 0.25) is 5.95 Å². The minimum Gasteiger partial charge on any atom is -0.469 e. The van der Waals surface area contributed by atoms with Crippen LogP contribution >= 0.6 is 0 Å².